The van der Waals surface area contributed by atoms with Crippen LogP contribution in [-0.4, -0.2) is 22.3 Å². The molecule has 1 atom stereocenters. The SMILES string of the molecule is CCN(C(=O)c1ccc([N+](=O)[O-])o1)C(C)c1cc2ccccc2o1. The van der Waals surface area contributed by atoms with Crippen LogP contribution in [0.4, 0.5) is 5.88 Å². The summed E-state index contributed by atoms with van der Waals surface area (Å²) in [6, 6.07) is 11.6. The van der Waals surface area contributed by atoms with Crippen molar-refractivity contribution in [3.05, 3.63) is 64.1 Å². The van der Waals surface area contributed by atoms with Crippen molar-refractivity contribution in [2.45, 2.75) is 19.9 Å². The van der Waals surface area contributed by atoms with Crippen molar-refractivity contribution in [2.24, 2.45) is 0 Å². The Kier molecular flexibility index (Phi) is 4.07. The van der Waals surface area contributed by atoms with E-state index in [1.165, 1.54) is 12.1 Å². The third-order valence-electron chi connectivity index (χ3n) is 3.91. The molecule has 0 aliphatic heterocycles. The van der Waals surface area contributed by atoms with Crippen molar-refractivity contribution in [3.8, 4) is 0 Å². The standard InChI is InChI=1S/C17H16N2O5/c1-3-18(17(20)14-8-9-16(24-14)19(21)22)11(2)15-10-12-6-4-5-7-13(12)23-15/h4-11H,3H2,1-2H3. The van der Waals surface area contributed by atoms with Gasteiger partial charge in [0.2, 0.25) is 0 Å². The molecule has 1 amide bonds. The van der Waals surface area contributed by atoms with Gasteiger partial charge in [-0.15, -0.1) is 0 Å². The lowest BCUT2D eigenvalue weighted by Gasteiger charge is -2.25. The summed E-state index contributed by atoms with van der Waals surface area (Å²) in [5.41, 5.74) is 0.747. The molecule has 2 heterocycles. The van der Waals surface area contributed by atoms with Crippen LogP contribution in [0.15, 0.2) is 51.3 Å². The average Bonchev–Trinajstić information content (AvgIpc) is 3.22. The largest absolute Gasteiger partial charge is 0.459 e. The van der Waals surface area contributed by atoms with E-state index in [9.17, 15) is 14.9 Å². The Morgan fingerprint density at radius 1 is 1.25 bits per heavy atom. The average molecular weight is 328 g/mol. The molecule has 0 saturated heterocycles. The molecule has 0 aliphatic carbocycles. The molecule has 0 fully saturated rings. The summed E-state index contributed by atoms with van der Waals surface area (Å²) in [4.78, 5) is 24.2. The molecule has 0 aliphatic rings. The van der Waals surface area contributed by atoms with Crippen LogP contribution >= 0.6 is 0 Å². The molecule has 0 radical (unpaired) electrons. The van der Waals surface area contributed by atoms with Gasteiger partial charge in [-0.1, -0.05) is 18.2 Å². The second-order valence-electron chi connectivity index (χ2n) is 5.35. The molecule has 7 nitrogen and oxygen atoms in total. The molecule has 1 unspecified atom stereocenters. The maximum atomic E-state index is 12.6. The second-order valence-corrected chi connectivity index (χ2v) is 5.35. The summed E-state index contributed by atoms with van der Waals surface area (Å²) in [7, 11) is 0. The van der Waals surface area contributed by atoms with Gasteiger partial charge >= 0.3 is 5.88 Å². The van der Waals surface area contributed by atoms with Crippen molar-refractivity contribution in [1.82, 2.24) is 4.90 Å². The predicted octanol–water partition coefficient (Wildman–Crippen LogP) is 4.16. The fraction of sp³-hybridized carbons (Fsp3) is 0.235. The zero-order valence-electron chi connectivity index (χ0n) is 13.3. The first kappa shape index (κ1) is 15.8. The highest BCUT2D eigenvalue weighted by Crippen LogP contribution is 2.29. The monoisotopic (exact) mass is 328 g/mol. The van der Waals surface area contributed by atoms with E-state index in [0.717, 1.165) is 11.0 Å². The number of amides is 1. The first-order valence-electron chi connectivity index (χ1n) is 7.55. The Balaban J connectivity index is 1.88. The molecule has 0 N–H and O–H groups in total. The summed E-state index contributed by atoms with van der Waals surface area (Å²) in [5.74, 6) is -0.289. The van der Waals surface area contributed by atoms with Crippen molar-refractivity contribution >= 4 is 22.8 Å². The number of hydrogen-bond donors (Lipinski definition) is 0. The first-order valence-corrected chi connectivity index (χ1v) is 7.55. The fourth-order valence-electron chi connectivity index (χ4n) is 2.64. The summed E-state index contributed by atoms with van der Waals surface area (Å²) in [5, 5.41) is 11.7. The van der Waals surface area contributed by atoms with Gasteiger partial charge in [-0.05, 0) is 32.0 Å². The lowest BCUT2D eigenvalue weighted by atomic mass is 10.2. The summed E-state index contributed by atoms with van der Waals surface area (Å²) in [6.45, 7) is 4.08. The molecule has 0 bridgehead atoms. The van der Waals surface area contributed by atoms with Gasteiger partial charge in [0, 0.05) is 11.9 Å². The Morgan fingerprint density at radius 3 is 2.62 bits per heavy atom. The van der Waals surface area contributed by atoms with Crippen LogP contribution in [0.3, 0.4) is 0 Å². The van der Waals surface area contributed by atoms with Gasteiger partial charge in [0.1, 0.15) is 16.3 Å². The van der Waals surface area contributed by atoms with E-state index >= 15 is 0 Å². The van der Waals surface area contributed by atoms with Crippen molar-refractivity contribution in [2.75, 3.05) is 6.54 Å². The van der Waals surface area contributed by atoms with E-state index in [1.807, 2.05) is 44.2 Å². The van der Waals surface area contributed by atoms with Gasteiger partial charge < -0.3 is 13.7 Å². The third-order valence-corrected chi connectivity index (χ3v) is 3.91. The number of furan rings is 2. The number of nitrogens with zero attached hydrogens (tertiary/aromatic N) is 2. The number of fused-ring (bicyclic) bond motifs is 1. The van der Waals surface area contributed by atoms with Gasteiger partial charge in [-0.25, -0.2) is 0 Å². The van der Waals surface area contributed by atoms with E-state index in [2.05, 4.69) is 0 Å². The van der Waals surface area contributed by atoms with Crippen LogP contribution in [0.25, 0.3) is 11.0 Å². The third kappa shape index (κ3) is 2.76. The fourth-order valence-corrected chi connectivity index (χ4v) is 2.64. The highest BCUT2D eigenvalue weighted by Gasteiger charge is 2.27. The minimum absolute atomic E-state index is 0.0634. The van der Waals surface area contributed by atoms with Gasteiger partial charge in [0.15, 0.2) is 5.76 Å². The molecular formula is C17H16N2O5. The minimum atomic E-state index is -0.671. The highest BCUT2D eigenvalue weighted by molar-refractivity contribution is 5.92. The Bertz CT molecular complexity index is 862. The van der Waals surface area contributed by atoms with Crippen molar-refractivity contribution in [3.63, 3.8) is 0 Å². The minimum Gasteiger partial charge on any atom is -0.459 e. The van der Waals surface area contributed by atoms with E-state index in [4.69, 9.17) is 8.83 Å². The second kappa shape index (κ2) is 6.19. The summed E-state index contributed by atoms with van der Waals surface area (Å²) >= 11 is 0. The Morgan fingerprint density at radius 2 is 2.00 bits per heavy atom. The first-order chi connectivity index (χ1) is 11.5. The summed E-state index contributed by atoms with van der Waals surface area (Å²) in [6.07, 6.45) is 0. The Labute approximate surface area is 137 Å². The molecule has 124 valence electrons. The lowest BCUT2D eigenvalue weighted by molar-refractivity contribution is -0.402. The van der Waals surface area contributed by atoms with Gasteiger partial charge in [-0.2, -0.15) is 0 Å². The van der Waals surface area contributed by atoms with Crippen LogP contribution in [0.1, 0.15) is 36.2 Å². The number of carbonyl (C=O) groups is 1. The van der Waals surface area contributed by atoms with Crippen molar-refractivity contribution < 1.29 is 18.6 Å². The van der Waals surface area contributed by atoms with Crippen molar-refractivity contribution in [1.29, 1.82) is 0 Å². The van der Waals surface area contributed by atoms with Gasteiger partial charge in [0.05, 0.1) is 12.1 Å². The molecule has 24 heavy (non-hydrogen) atoms. The predicted molar refractivity (Wildman–Crippen MR) is 86.7 cm³/mol. The Hall–Kier alpha value is -3.09. The van der Waals surface area contributed by atoms with E-state index in [0.29, 0.717) is 12.3 Å². The molecule has 2 aromatic heterocycles. The topological polar surface area (TPSA) is 89.7 Å². The molecule has 0 spiro atoms. The zero-order chi connectivity index (χ0) is 17.3. The van der Waals surface area contributed by atoms with Crippen LogP contribution < -0.4 is 0 Å². The number of para-hydroxylation sites is 1. The van der Waals surface area contributed by atoms with Crippen LogP contribution in [0.5, 0.6) is 0 Å². The number of nitro groups is 1. The number of benzene rings is 1. The van der Waals surface area contributed by atoms with E-state index in [1.54, 1.807) is 4.90 Å². The van der Waals surface area contributed by atoms with E-state index in [-0.39, 0.29) is 11.8 Å². The molecular weight excluding hydrogens is 312 g/mol. The molecule has 7 heteroatoms. The zero-order valence-corrected chi connectivity index (χ0v) is 13.3. The molecule has 3 rings (SSSR count). The van der Waals surface area contributed by atoms with Crippen LogP contribution in [0.2, 0.25) is 0 Å². The summed E-state index contributed by atoms with van der Waals surface area (Å²) < 4.78 is 10.8. The van der Waals surface area contributed by atoms with Gasteiger partial charge in [-0.3, -0.25) is 14.9 Å². The molecule has 1 aromatic carbocycles. The number of carbonyl (C=O) groups excluding carboxylic acids is 1. The van der Waals surface area contributed by atoms with Gasteiger partial charge in [0.25, 0.3) is 5.91 Å². The number of hydrogen-bond acceptors (Lipinski definition) is 5. The quantitative estimate of drug-likeness (QED) is 0.518. The number of rotatable bonds is 5. The highest BCUT2D eigenvalue weighted by atomic mass is 16.6. The molecule has 3 aromatic rings. The maximum absolute atomic E-state index is 12.6. The van der Waals surface area contributed by atoms with Crippen LogP contribution in [0, 0.1) is 10.1 Å². The maximum Gasteiger partial charge on any atom is 0.433 e. The smallest absolute Gasteiger partial charge is 0.433 e. The normalized spacial score (nSPS) is 12.2. The molecule has 0 saturated carbocycles. The van der Waals surface area contributed by atoms with E-state index < -0.39 is 16.7 Å². The lowest BCUT2D eigenvalue weighted by Crippen LogP contribution is -2.33. The van der Waals surface area contributed by atoms with Crippen LogP contribution in [-0.2, 0) is 0 Å².